The van der Waals surface area contributed by atoms with Gasteiger partial charge in [-0.2, -0.15) is 0 Å². The van der Waals surface area contributed by atoms with Gasteiger partial charge in [0.2, 0.25) is 0 Å². The Hall–Kier alpha value is -2.41. The molecule has 5 rings (SSSR count). The summed E-state index contributed by atoms with van der Waals surface area (Å²) in [6.07, 6.45) is 21.1. The molecule has 0 spiro atoms. The summed E-state index contributed by atoms with van der Waals surface area (Å²) in [5.41, 5.74) is 7.26. The first-order valence-electron chi connectivity index (χ1n) is 14.8. The third-order valence-electron chi connectivity index (χ3n) is 9.67. The van der Waals surface area contributed by atoms with Crippen LogP contribution in [0, 0.1) is 0 Å². The first-order chi connectivity index (χ1) is 17.7. The van der Waals surface area contributed by atoms with Gasteiger partial charge < -0.3 is 0 Å². The summed E-state index contributed by atoms with van der Waals surface area (Å²) in [7, 11) is 0. The van der Waals surface area contributed by atoms with E-state index in [1.54, 1.807) is 11.1 Å². The van der Waals surface area contributed by atoms with E-state index in [-0.39, 0.29) is 5.41 Å². The van der Waals surface area contributed by atoms with Crippen LogP contribution in [0.4, 0.5) is 0 Å². The number of hydrogen-bond acceptors (Lipinski definition) is 1. The van der Waals surface area contributed by atoms with Crippen LogP contribution in [-0.2, 0) is 5.41 Å². The van der Waals surface area contributed by atoms with E-state index in [9.17, 15) is 0 Å². The van der Waals surface area contributed by atoms with E-state index in [0.29, 0.717) is 0 Å². The van der Waals surface area contributed by atoms with Crippen molar-refractivity contribution < 1.29 is 0 Å². The van der Waals surface area contributed by atoms with Gasteiger partial charge in [0.25, 0.3) is 0 Å². The zero-order valence-corrected chi connectivity index (χ0v) is 22.7. The largest absolute Gasteiger partial charge is 0.256 e. The fourth-order valence-electron chi connectivity index (χ4n) is 7.24. The molecule has 2 aliphatic carbocycles. The zero-order chi connectivity index (χ0) is 25.0. The summed E-state index contributed by atoms with van der Waals surface area (Å²) in [6, 6.07) is 16.9. The van der Waals surface area contributed by atoms with Crippen LogP contribution in [0.3, 0.4) is 0 Å². The van der Waals surface area contributed by atoms with Gasteiger partial charge in [0.1, 0.15) is 0 Å². The van der Waals surface area contributed by atoms with E-state index < -0.39 is 0 Å². The molecule has 0 radical (unpaired) electrons. The molecule has 2 aliphatic rings. The molecule has 0 amide bonds. The number of allylic oxidation sites excluding steroid dienone is 1. The minimum atomic E-state index is 0.175. The van der Waals surface area contributed by atoms with Crippen LogP contribution in [0.2, 0.25) is 0 Å². The normalized spacial score (nSPS) is 17.9. The first kappa shape index (κ1) is 25.2. The summed E-state index contributed by atoms with van der Waals surface area (Å²) in [5, 5.41) is 2.60. The van der Waals surface area contributed by atoms with Gasteiger partial charge in [-0.3, -0.25) is 4.98 Å². The molecule has 0 bridgehead atoms. The lowest BCUT2D eigenvalue weighted by atomic mass is 9.73. The van der Waals surface area contributed by atoms with Crippen LogP contribution >= 0.6 is 0 Å². The van der Waals surface area contributed by atoms with Crippen molar-refractivity contribution in [2.75, 3.05) is 0 Å². The Kier molecular flexibility index (Phi) is 7.94. The van der Waals surface area contributed by atoms with Gasteiger partial charge in [0.05, 0.1) is 5.69 Å². The number of aromatic nitrogens is 1. The van der Waals surface area contributed by atoms with Crippen molar-refractivity contribution in [2.24, 2.45) is 0 Å². The smallest absolute Gasteiger partial charge is 0.0780 e. The van der Waals surface area contributed by atoms with E-state index in [4.69, 9.17) is 4.98 Å². The molecule has 1 heteroatoms. The summed E-state index contributed by atoms with van der Waals surface area (Å²) in [4.78, 5) is 5.00. The molecule has 1 nitrogen and oxygen atoms in total. The molecular formula is C35H45N. The molecule has 0 aliphatic heterocycles. The van der Waals surface area contributed by atoms with Gasteiger partial charge >= 0.3 is 0 Å². The number of rotatable bonds is 8. The number of fused-ring (bicyclic) bond motifs is 1. The topological polar surface area (TPSA) is 12.9 Å². The van der Waals surface area contributed by atoms with Crippen molar-refractivity contribution >= 4 is 10.8 Å². The summed E-state index contributed by atoms with van der Waals surface area (Å²) < 4.78 is 0. The number of pyridine rings is 1. The maximum atomic E-state index is 5.00. The maximum Gasteiger partial charge on any atom is 0.0780 e. The van der Waals surface area contributed by atoms with Crippen LogP contribution in [0.25, 0.3) is 22.0 Å². The van der Waals surface area contributed by atoms with Crippen LogP contribution < -0.4 is 0 Å². The Morgan fingerprint density at radius 3 is 1.97 bits per heavy atom. The Balaban J connectivity index is 1.60. The zero-order valence-electron chi connectivity index (χ0n) is 22.7. The van der Waals surface area contributed by atoms with Gasteiger partial charge in [-0.1, -0.05) is 82.7 Å². The SMILES string of the molecule is C=CCC(CC)(CC)c1ccc2c(-c3cc(C4CCCCC4)cc(C4CCCCC4)c3)nccc2c1. The Morgan fingerprint density at radius 2 is 1.42 bits per heavy atom. The highest BCUT2D eigenvalue weighted by Gasteiger charge is 2.27. The fourth-order valence-corrected chi connectivity index (χ4v) is 7.24. The molecule has 1 heterocycles. The van der Waals surface area contributed by atoms with E-state index >= 15 is 0 Å². The van der Waals surface area contributed by atoms with Crippen molar-refractivity contribution in [1.29, 1.82) is 0 Å². The van der Waals surface area contributed by atoms with Crippen LogP contribution in [-0.4, -0.2) is 4.98 Å². The lowest BCUT2D eigenvalue weighted by molar-refractivity contribution is 0.401. The summed E-state index contributed by atoms with van der Waals surface area (Å²) >= 11 is 0. The van der Waals surface area contributed by atoms with Crippen molar-refractivity contribution in [3.05, 3.63) is 78.0 Å². The third kappa shape index (κ3) is 5.04. The molecule has 0 unspecified atom stereocenters. The minimum Gasteiger partial charge on any atom is -0.256 e. The molecule has 0 atom stereocenters. The molecule has 0 saturated heterocycles. The van der Waals surface area contributed by atoms with Gasteiger partial charge in [-0.25, -0.2) is 0 Å². The van der Waals surface area contributed by atoms with Crippen molar-refractivity contribution in [3.8, 4) is 11.3 Å². The molecular weight excluding hydrogens is 434 g/mol. The third-order valence-corrected chi connectivity index (χ3v) is 9.67. The second-order valence-electron chi connectivity index (χ2n) is 11.6. The highest BCUT2D eigenvalue weighted by Crippen LogP contribution is 2.42. The predicted molar refractivity (Wildman–Crippen MR) is 156 cm³/mol. The van der Waals surface area contributed by atoms with E-state index in [0.717, 1.165) is 36.8 Å². The maximum absolute atomic E-state index is 5.00. The van der Waals surface area contributed by atoms with Crippen LogP contribution in [0.5, 0.6) is 0 Å². The van der Waals surface area contributed by atoms with Crippen molar-refractivity contribution in [1.82, 2.24) is 4.98 Å². The monoisotopic (exact) mass is 479 g/mol. The number of nitrogens with zero attached hydrogens (tertiary/aromatic N) is 1. The fraction of sp³-hybridized carbons (Fsp3) is 0.514. The lowest BCUT2D eigenvalue weighted by Crippen LogP contribution is -2.23. The number of benzene rings is 2. The second kappa shape index (κ2) is 11.3. The summed E-state index contributed by atoms with van der Waals surface area (Å²) in [6.45, 7) is 8.70. The molecule has 36 heavy (non-hydrogen) atoms. The highest BCUT2D eigenvalue weighted by atomic mass is 14.7. The van der Waals surface area contributed by atoms with Gasteiger partial charge in [0, 0.05) is 17.1 Å². The molecule has 0 N–H and O–H groups in total. The molecule has 190 valence electrons. The molecule has 2 fully saturated rings. The Bertz CT molecular complexity index is 1140. The lowest BCUT2D eigenvalue weighted by Gasteiger charge is -2.31. The molecule has 2 aromatic carbocycles. The van der Waals surface area contributed by atoms with Gasteiger partial charge in [-0.15, -0.1) is 6.58 Å². The van der Waals surface area contributed by atoms with Crippen LogP contribution in [0.1, 0.15) is 126 Å². The standard InChI is InChI=1S/C35H45N/c1-4-20-35(5-2,6-3)32-17-18-33-28(25-32)19-21-36-34(33)31-23-29(26-13-9-7-10-14-26)22-30(24-31)27-15-11-8-12-16-27/h4,17-19,21-27H,1,5-16,20H2,2-3H3. The van der Waals surface area contributed by atoms with E-state index in [2.05, 4.69) is 69.0 Å². The summed E-state index contributed by atoms with van der Waals surface area (Å²) in [5.74, 6) is 1.44. The van der Waals surface area contributed by atoms with Crippen LogP contribution in [0.15, 0.2) is 61.3 Å². The van der Waals surface area contributed by atoms with Gasteiger partial charge in [0.15, 0.2) is 0 Å². The van der Waals surface area contributed by atoms with Crippen molar-refractivity contribution in [2.45, 2.75) is 115 Å². The second-order valence-corrected chi connectivity index (χ2v) is 11.6. The Labute approximate surface area is 219 Å². The van der Waals surface area contributed by atoms with E-state index in [1.807, 2.05) is 6.20 Å². The Morgan fingerprint density at radius 1 is 0.806 bits per heavy atom. The highest BCUT2D eigenvalue weighted by molar-refractivity contribution is 5.95. The molecule has 2 saturated carbocycles. The molecule has 3 aromatic rings. The predicted octanol–water partition coefficient (Wildman–Crippen LogP) is 10.6. The molecule has 1 aromatic heterocycles. The van der Waals surface area contributed by atoms with Gasteiger partial charge in [-0.05, 0) is 102 Å². The quantitative estimate of drug-likeness (QED) is 0.293. The minimum absolute atomic E-state index is 0.175. The average Bonchev–Trinajstić information content (AvgIpc) is 2.96. The number of hydrogen-bond donors (Lipinski definition) is 0. The van der Waals surface area contributed by atoms with E-state index in [1.165, 1.54) is 86.1 Å². The average molecular weight is 480 g/mol. The van der Waals surface area contributed by atoms with Crippen molar-refractivity contribution in [3.63, 3.8) is 0 Å². The first-order valence-corrected chi connectivity index (χ1v) is 14.8.